The molecule has 2 aromatic carbocycles. The van der Waals surface area contributed by atoms with Gasteiger partial charge in [0.05, 0.1) is 36.3 Å². The van der Waals surface area contributed by atoms with Gasteiger partial charge in [-0.25, -0.2) is 4.68 Å². The fourth-order valence-corrected chi connectivity index (χ4v) is 3.87. The third-order valence-electron chi connectivity index (χ3n) is 5.73. The van der Waals surface area contributed by atoms with Gasteiger partial charge in [-0.15, -0.1) is 0 Å². The van der Waals surface area contributed by atoms with Crippen molar-refractivity contribution in [3.05, 3.63) is 71.9 Å². The molecule has 0 spiro atoms. The van der Waals surface area contributed by atoms with E-state index < -0.39 is 6.10 Å². The molecule has 0 amide bonds. The molecular weight excluding hydrogens is 442 g/mol. The first-order valence-corrected chi connectivity index (χ1v) is 12.5. The summed E-state index contributed by atoms with van der Waals surface area (Å²) < 4.78 is 19.3. The van der Waals surface area contributed by atoms with Crippen molar-refractivity contribution in [3.8, 4) is 17.3 Å². The van der Waals surface area contributed by atoms with Crippen LogP contribution in [0.25, 0.3) is 5.69 Å². The van der Waals surface area contributed by atoms with E-state index in [1.54, 1.807) is 7.11 Å². The van der Waals surface area contributed by atoms with Crippen LogP contribution in [-0.4, -0.2) is 65.9 Å². The number of hydrogen-bond acceptors (Lipinski definition) is 6. The van der Waals surface area contributed by atoms with Crippen molar-refractivity contribution in [2.75, 3.05) is 40.0 Å². The lowest BCUT2D eigenvalue weighted by Gasteiger charge is -2.25. The van der Waals surface area contributed by atoms with Gasteiger partial charge in [-0.05, 0) is 37.1 Å². The van der Waals surface area contributed by atoms with Crippen molar-refractivity contribution in [1.29, 1.82) is 0 Å². The number of para-hydroxylation sites is 2. The Balaban J connectivity index is 1.89. The molecule has 0 bridgehead atoms. The van der Waals surface area contributed by atoms with Gasteiger partial charge in [-0.2, -0.15) is 5.10 Å². The molecule has 0 radical (unpaired) electrons. The van der Waals surface area contributed by atoms with Crippen LogP contribution in [-0.2, 0) is 22.4 Å². The minimum absolute atomic E-state index is 0.320. The first-order valence-electron chi connectivity index (χ1n) is 12.5. The first kappa shape index (κ1) is 26.9. The maximum atomic E-state index is 10.7. The molecule has 0 aliphatic rings. The van der Waals surface area contributed by atoms with Gasteiger partial charge in [0.1, 0.15) is 5.75 Å². The Labute approximate surface area is 209 Å². The Kier molecular flexibility index (Phi) is 11.2. The molecular formula is C28H39N3O4. The normalized spacial score (nSPS) is 12.3. The summed E-state index contributed by atoms with van der Waals surface area (Å²) in [6.45, 7) is 7.50. The number of aliphatic hydroxyl groups is 1. The topological polar surface area (TPSA) is 69.0 Å². The van der Waals surface area contributed by atoms with Gasteiger partial charge in [0, 0.05) is 33.4 Å². The zero-order valence-corrected chi connectivity index (χ0v) is 21.2. The summed E-state index contributed by atoms with van der Waals surface area (Å²) in [5.41, 5.74) is 2.92. The fourth-order valence-electron chi connectivity index (χ4n) is 3.87. The van der Waals surface area contributed by atoms with Crippen molar-refractivity contribution in [3.63, 3.8) is 0 Å². The maximum Gasteiger partial charge on any atom is 0.227 e. The molecule has 1 heterocycles. The lowest BCUT2D eigenvalue weighted by Crippen LogP contribution is -2.36. The predicted molar refractivity (Wildman–Crippen MR) is 138 cm³/mol. The molecule has 190 valence electrons. The van der Waals surface area contributed by atoms with Crippen LogP contribution in [0.3, 0.4) is 0 Å². The maximum absolute atomic E-state index is 10.7. The number of methoxy groups -OCH3 is 1. The lowest BCUT2D eigenvalue weighted by molar-refractivity contribution is 0.0100. The molecule has 0 aliphatic heterocycles. The molecule has 0 saturated carbocycles. The van der Waals surface area contributed by atoms with E-state index >= 15 is 0 Å². The second kappa shape index (κ2) is 14.6. The van der Waals surface area contributed by atoms with Crippen LogP contribution in [0.4, 0.5) is 0 Å². The highest BCUT2D eigenvalue weighted by molar-refractivity contribution is 5.43. The van der Waals surface area contributed by atoms with E-state index in [2.05, 4.69) is 18.7 Å². The molecule has 1 N–H and O–H groups in total. The van der Waals surface area contributed by atoms with E-state index in [0.29, 0.717) is 45.3 Å². The van der Waals surface area contributed by atoms with Gasteiger partial charge in [0.15, 0.2) is 0 Å². The molecule has 35 heavy (non-hydrogen) atoms. The summed E-state index contributed by atoms with van der Waals surface area (Å²) in [4.78, 5) is 2.18. The monoisotopic (exact) mass is 481 g/mol. The molecule has 0 fully saturated rings. The van der Waals surface area contributed by atoms with Gasteiger partial charge in [0.25, 0.3) is 0 Å². The molecule has 0 saturated heterocycles. The molecule has 7 nitrogen and oxygen atoms in total. The van der Waals surface area contributed by atoms with Gasteiger partial charge >= 0.3 is 0 Å². The standard InChI is InChI=1S/C28H39N3O4/c1-4-6-18-34-22-24(32)20-30(17-19-33-3)21-26-27(5-2)29-31(23-13-9-7-10-14-23)28(26)35-25-15-11-8-12-16-25/h7-16,24,32H,4-6,17-22H2,1-3H3/t24-/m0/s1. The highest BCUT2D eigenvalue weighted by atomic mass is 16.5. The number of aryl methyl sites for hydroxylation is 1. The number of unbranched alkanes of at least 4 members (excludes halogenated alkanes) is 1. The smallest absolute Gasteiger partial charge is 0.227 e. The van der Waals surface area contributed by atoms with Crippen LogP contribution in [0.1, 0.15) is 37.9 Å². The van der Waals surface area contributed by atoms with Crippen LogP contribution in [0, 0.1) is 0 Å². The lowest BCUT2D eigenvalue weighted by atomic mass is 10.1. The second-order valence-corrected chi connectivity index (χ2v) is 8.56. The summed E-state index contributed by atoms with van der Waals surface area (Å²) in [6.07, 6.45) is 2.25. The van der Waals surface area contributed by atoms with Crippen molar-refractivity contribution in [2.45, 2.75) is 45.8 Å². The van der Waals surface area contributed by atoms with Gasteiger partial charge in [-0.3, -0.25) is 4.90 Å². The van der Waals surface area contributed by atoms with E-state index in [9.17, 15) is 5.11 Å². The molecule has 3 aromatic rings. The van der Waals surface area contributed by atoms with Gasteiger partial charge < -0.3 is 19.3 Å². The van der Waals surface area contributed by atoms with E-state index in [4.69, 9.17) is 19.3 Å². The third kappa shape index (κ3) is 8.18. The Morgan fingerprint density at radius 1 is 1.00 bits per heavy atom. The molecule has 0 unspecified atom stereocenters. The quantitative estimate of drug-likeness (QED) is 0.295. The summed E-state index contributed by atoms with van der Waals surface area (Å²) >= 11 is 0. The fraction of sp³-hybridized carbons (Fsp3) is 0.464. The largest absolute Gasteiger partial charge is 0.439 e. The zero-order chi connectivity index (χ0) is 24.9. The van der Waals surface area contributed by atoms with Crippen LogP contribution < -0.4 is 4.74 Å². The van der Waals surface area contributed by atoms with Crippen LogP contribution in [0.15, 0.2) is 60.7 Å². The summed E-state index contributed by atoms with van der Waals surface area (Å²) in [7, 11) is 1.69. The van der Waals surface area contributed by atoms with E-state index in [-0.39, 0.29) is 0 Å². The Hall–Kier alpha value is -2.71. The Morgan fingerprint density at radius 2 is 1.71 bits per heavy atom. The molecule has 3 rings (SSSR count). The number of aliphatic hydroxyl groups excluding tert-OH is 1. The minimum atomic E-state index is -0.587. The first-order chi connectivity index (χ1) is 17.2. The summed E-state index contributed by atoms with van der Waals surface area (Å²) in [6, 6.07) is 19.8. The molecule has 1 aromatic heterocycles. The van der Waals surface area contributed by atoms with Crippen molar-refractivity contribution < 1.29 is 19.3 Å². The average Bonchev–Trinajstić information content (AvgIpc) is 3.23. The molecule has 0 aliphatic carbocycles. The van der Waals surface area contributed by atoms with Crippen LogP contribution in [0.5, 0.6) is 11.6 Å². The van der Waals surface area contributed by atoms with Crippen LogP contribution in [0.2, 0.25) is 0 Å². The highest BCUT2D eigenvalue weighted by Gasteiger charge is 2.23. The number of ether oxygens (including phenoxy) is 3. The second-order valence-electron chi connectivity index (χ2n) is 8.56. The minimum Gasteiger partial charge on any atom is -0.439 e. The third-order valence-corrected chi connectivity index (χ3v) is 5.73. The zero-order valence-electron chi connectivity index (χ0n) is 21.2. The van der Waals surface area contributed by atoms with E-state index in [0.717, 1.165) is 42.0 Å². The number of rotatable bonds is 16. The van der Waals surface area contributed by atoms with Crippen molar-refractivity contribution >= 4 is 0 Å². The van der Waals surface area contributed by atoms with Crippen LogP contribution >= 0.6 is 0 Å². The van der Waals surface area contributed by atoms with Crippen molar-refractivity contribution in [2.24, 2.45) is 0 Å². The van der Waals surface area contributed by atoms with Gasteiger partial charge in [0.2, 0.25) is 5.88 Å². The Morgan fingerprint density at radius 3 is 2.37 bits per heavy atom. The number of nitrogens with zero attached hydrogens (tertiary/aromatic N) is 3. The summed E-state index contributed by atoms with van der Waals surface area (Å²) in [5.74, 6) is 1.44. The molecule has 1 atom stereocenters. The number of aromatic nitrogens is 2. The number of benzene rings is 2. The van der Waals surface area contributed by atoms with Gasteiger partial charge in [-0.1, -0.05) is 56.7 Å². The van der Waals surface area contributed by atoms with E-state index in [1.807, 2.05) is 65.3 Å². The van der Waals surface area contributed by atoms with Crippen molar-refractivity contribution in [1.82, 2.24) is 14.7 Å². The highest BCUT2D eigenvalue weighted by Crippen LogP contribution is 2.32. The summed E-state index contributed by atoms with van der Waals surface area (Å²) in [5, 5.41) is 15.6. The number of hydrogen-bond donors (Lipinski definition) is 1. The Bertz CT molecular complexity index is 979. The predicted octanol–water partition coefficient (Wildman–Crippen LogP) is 4.85. The van der Waals surface area contributed by atoms with E-state index in [1.165, 1.54) is 0 Å². The SMILES string of the molecule is CCCCOC[C@@H](O)CN(CCOC)Cc1c(CC)nn(-c2ccccc2)c1Oc1ccccc1. The average molecular weight is 482 g/mol. The molecule has 7 heteroatoms.